The maximum atomic E-state index is 13.4. The summed E-state index contributed by atoms with van der Waals surface area (Å²) < 4.78 is 28.5. The molecule has 0 N–H and O–H groups in total. The van der Waals surface area contributed by atoms with Crippen LogP contribution in [0.15, 0.2) is 65.6 Å². The van der Waals surface area contributed by atoms with Gasteiger partial charge in [-0.1, -0.05) is 49.4 Å². The molecule has 0 aliphatic carbocycles. The number of sulfonamides is 1. The first-order valence-electron chi connectivity index (χ1n) is 11.7. The monoisotopic (exact) mass is 449 g/mol. The molecule has 5 nitrogen and oxygen atoms in total. The van der Waals surface area contributed by atoms with Gasteiger partial charge in [0.25, 0.3) is 10.0 Å². The van der Waals surface area contributed by atoms with E-state index in [0.717, 1.165) is 74.1 Å². The molecule has 6 heteroatoms. The van der Waals surface area contributed by atoms with Gasteiger partial charge in [0, 0.05) is 42.6 Å². The summed E-state index contributed by atoms with van der Waals surface area (Å²) >= 11 is 0. The van der Waals surface area contributed by atoms with Gasteiger partial charge in [0.05, 0.1) is 10.6 Å². The molecule has 5 rings (SSSR count). The van der Waals surface area contributed by atoms with Gasteiger partial charge in [0.2, 0.25) is 0 Å². The molecule has 3 aromatic carbocycles. The van der Waals surface area contributed by atoms with Gasteiger partial charge < -0.3 is 9.80 Å². The van der Waals surface area contributed by atoms with Gasteiger partial charge >= 0.3 is 0 Å². The minimum absolute atomic E-state index is 0.455. The second kappa shape index (κ2) is 8.75. The molecule has 0 radical (unpaired) electrons. The van der Waals surface area contributed by atoms with Crippen molar-refractivity contribution >= 4 is 32.2 Å². The second-order valence-corrected chi connectivity index (χ2v) is 10.6. The third-order valence-electron chi connectivity index (χ3n) is 6.84. The van der Waals surface area contributed by atoms with Gasteiger partial charge in [-0.2, -0.15) is 0 Å². The van der Waals surface area contributed by atoms with Crippen LogP contribution in [0.2, 0.25) is 0 Å². The summed E-state index contributed by atoms with van der Waals surface area (Å²) in [5.74, 6) is 0. The third kappa shape index (κ3) is 3.76. The number of rotatable bonds is 6. The lowest BCUT2D eigenvalue weighted by Gasteiger charge is -2.25. The molecule has 0 atom stereocenters. The van der Waals surface area contributed by atoms with E-state index < -0.39 is 10.0 Å². The number of likely N-dealkylation sites (N-methyl/N-ethyl adjacent to an activating group) is 1. The summed E-state index contributed by atoms with van der Waals surface area (Å²) in [4.78, 5) is 5.37. The number of hydrogen-bond acceptors (Lipinski definition) is 4. The molecule has 0 aromatic heterocycles. The average Bonchev–Trinajstić information content (AvgIpc) is 2.96. The normalized spacial score (nSPS) is 18.3. The summed E-state index contributed by atoms with van der Waals surface area (Å²) in [7, 11) is -3.51. The summed E-state index contributed by atoms with van der Waals surface area (Å²) in [5, 5.41) is 1.94. The van der Waals surface area contributed by atoms with E-state index in [1.54, 1.807) is 10.4 Å². The lowest BCUT2D eigenvalue weighted by atomic mass is 10.0. The van der Waals surface area contributed by atoms with Crippen LogP contribution in [-0.2, 0) is 16.4 Å². The molecule has 32 heavy (non-hydrogen) atoms. The van der Waals surface area contributed by atoms with Crippen LogP contribution in [-0.4, -0.2) is 52.6 Å². The Morgan fingerprint density at radius 1 is 0.844 bits per heavy atom. The van der Waals surface area contributed by atoms with E-state index in [-0.39, 0.29) is 0 Å². The predicted molar refractivity (Wildman–Crippen MR) is 132 cm³/mol. The van der Waals surface area contributed by atoms with Gasteiger partial charge in [0.15, 0.2) is 0 Å². The van der Waals surface area contributed by atoms with E-state index in [9.17, 15) is 8.42 Å². The fourth-order valence-corrected chi connectivity index (χ4v) is 6.87. The van der Waals surface area contributed by atoms with Crippen molar-refractivity contribution in [2.45, 2.75) is 31.1 Å². The maximum Gasteiger partial charge on any atom is 0.265 e. The summed E-state index contributed by atoms with van der Waals surface area (Å²) in [6.45, 7) is 7.93. The number of benzene rings is 3. The summed E-state index contributed by atoms with van der Waals surface area (Å²) in [6.07, 6.45) is 2.78. The number of nitrogens with zero attached hydrogens (tertiary/aromatic N) is 3. The highest BCUT2D eigenvalue weighted by molar-refractivity contribution is 7.93. The first-order valence-corrected chi connectivity index (χ1v) is 13.1. The van der Waals surface area contributed by atoms with Crippen LogP contribution in [0, 0.1) is 0 Å². The van der Waals surface area contributed by atoms with Gasteiger partial charge in [0.1, 0.15) is 0 Å². The molecule has 2 aliphatic heterocycles. The van der Waals surface area contributed by atoms with Crippen molar-refractivity contribution in [3.8, 4) is 0 Å². The lowest BCUT2D eigenvalue weighted by molar-refractivity contribution is 0.310. The molecule has 0 amide bonds. The Kier molecular flexibility index (Phi) is 5.82. The van der Waals surface area contributed by atoms with Crippen LogP contribution in [0.3, 0.4) is 0 Å². The van der Waals surface area contributed by atoms with E-state index in [2.05, 4.69) is 41.0 Å². The Hall–Kier alpha value is -2.57. The Morgan fingerprint density at radius 2 is 1.66 bits per heavy atom. The highest BCUT2D eigenvalue weighted by Gasteiger charge is 2.36. The fraction of sp³-hybridized carbons (Fsp3) is 0.385. The van der Waals surface area contributed by atoms with Crippen LogP contribution in [0.25, 0.3) is 10.8 Å². The highest BCUT2D eigenvalue weighted by atomic mass is 32.2. The Bertz CT molecular complexity index is 1210. The summed E-state index contributed by atoms with van der Waals surface area (Å²) in [6, 6.07) is 20.2. The Balaban J connectivity index is 1.46. The molecule has 0 bridgehead atoms. The molecule has 2 aliphatic rings. The van der Waals surface area contributed by atoms with Crippen LogP contribution < -0.4 is 9.21 Å². The maximum absolute atomic E-state index is 13.4. The molecule has 1 saturated heterocycles. The molecule has 168 valence electrons. The molecule has 0 unspecified atom stereocenters. The van der Waals surface area contributed by atoms with Gasteiger partial charge in [-0.3, -0.25) is 4.31 Å². The van der Waals surface area contributed by atoms with E-state index in [0.29, 0.717) is 11.4 Å². The smallest absolute Gasteiger partial charge is 0.265 e. The molecule has 2 heterocycles. The Labute approximate surface area is 191 Å². The van der Waals surface area contributed by atoms with Crippen LogP contribution in [0.5, 0.6) is 0 Å². The van der Waals surface area contributed by atoms with Crippen molar-refractivity contribution in [2.24, 2.45) is 0 Å². The highest BCUT2D eigenvalue weighted by Crippen LogP contribution is 2.45. The standard InChI is InChI=1S/C26H31N3O2S/c1-2-27-16-8-17-28(20-19-27)23-14-15-24-26-22(23)12-6-13-25(26)32(30,31)29(24)18-7-11-21-9-4-3-5-10-21/h3-6,9-10,12-15H,2,7-8,11,16-20H2,1H3. The molecule has 0 saturated carbocycles. The molecule has 3 aromatic rings. The largest absolute Gasteiger partial charge is 0.370 e. The number of hydrogen-bond donors (Lipinski definition) is 0. The molecule has 1 fully saturated rings. The fourth-order valence-electron chi connectivity index (χ4n) is 5.13. The molecule has 0 spiro atoms. The number of aryl methyl sites for hydroxylation is 1. The predicted octanol–water partition coefficient (Wildman–Crippen LogP) is 4.51. The van der Waals surface area contributed by atoms with E-state index in [1.807, 2.05) is 30.3 Å². The third-order valence-corrected chi connectivity index (χ3v) is 8.70. The molecular formula is C26H31N3O2S. The minimum atomic E-state index is -3.51. The van der Waals surface area contributed by atoms with Crippen molar-refractivity contribution < 1.29 is 8.42 Å². The van der Waals surface area contributed by atoms with Crippen LogP contribution in [0.4, 0.5) is 11.4 Å². The zero-order chi connectivity index (χ0) is 22.1. The van der Waals surface area contributed by atoms with E-state index in [4.69, 9.17) is 0 Å². The minimum Gasteiger partial charge on any atom is -0.370 e. The van der Waals surface area contributed by atoms with Crippen LogP contribution in [0.1, 0.15) is 25.3 Å². The van der Waals surface area contributed by atoms with Crippen molar-refractivity contribution in [1.29, 1.82) is 0 Å². The van der Waals surface area contributed by atoms with Crippen molar-refractivity contribution in [1.82, 2.24) is 4.90 Å². The lowest BCUT2D eigenvalue weighted by Crippen LogP contribution is -2.30. The van der Waals surface area contributed by atoms with Crippen molar-refractivity contribution in [3.05, 3.63) is 66.2 Å². The molecular weight excluding hydrogens is 418 g/mol. The second-order valence-electron chi connectivity index (χ2n) is 8.72. The number of anilines is 2. The quantitative estimate of drug-likeness (QED) is 0.555. The zero-order valence-corrected chi connectivity index (χ0v) is 19.5. The van der Waals surface area contributed by atoms with Gasteiger partial charge in [-0.05, 0) is 56.1 Å². The SMILES string of the molecule is CCN1CCCN(c2ccc3c4c(cccc24)S(=O)(=O)N3CCCc2ccccc2)CC1. The summed E-state index contributed by atoms with van der Waals surface area (Å²) in [5.41, 5.74) is 3.23. The van der Waals surface area contributed by atoms with Crippen molar-refractivity contribution in [3.63, 3.8) is 0 Å². The average molecular weight is 450 g/mol. The van der Waals surface area contributed by atoms with Crippen molar-refractivity contribution in [2.75, 3.05) is 48.5 Å². The Morgan fingerprint density at radius 3 is 2.47 bits per heavy atom. The van der Waals surface area contributed by atoms with E-state index >= 15 is 0 Å². The van der Waals surface area contributed by atoms with Gasteiger partial charge in [-0.15, -0.1) is 0 Å². The first kappa shape index (κ1) is 21.3. The topological polar surface area (TPSA) is 43.9 Å². The zero-order valence-electron chi connectivity index (χ0n) is 18.7. The van der Waals surface area contributed by atoms with Crippen LogP contribution >= 0.6 is 0 Å². The first-order chi connectivity index (χ1) is 15.6. The van der Waals surface area contributed by atoms with Gasteiger partial charge in [-0.25, -0.2) is 8.42 Å². The van der Waals surface area contributed by atoms with E-state index in [1.165, 1.54) is 5.56 Å².